The molecule has 0 spiro atoms. The second kappa shape index (κ2) is 10.5. The Labute approximate surface area is 205 Å². The molecule has 1 heterocycles. The zero-order valence-corrected chi connectivity index (χ0v) is 20.1. The highest BCUT2D eigenvalue weighted by atomic mass is 32.2. The summed E-state index contributed by atoms with van der Waals surface area (Å²) in [6.07, 6.45) is 15.0. The van der Waals surface area contributed by atoms with E-state index < -0.39 is 0 Å². The normalized spacial score (nSPS) is 26.6. The van der Waals surface area contributed by atoms with E-state index in [2.05, 4.69) is 16.5 Å². The summed E-state index contributed by atoms with van der Waals surface area (Å²) < 4.78 is 29.1. The Hall–Kier alpha value is -2.37. The monoisotopic (exact) mass is 479 g/mol. The van der Waals surface area contributed by atoms with E-state index in [4.69, 9.17) is 0 Å². The van der Waals surface area contributed by atoms with Crippen molar-refractivity contribution in [2.75, 3.05) is 4.31 Å². The topological polar surface area (TPSA) is 23.5 Å². The molecule has 2 aromatic rings. The Kier molecular flexibility index (Phi) is 7.21. The Morgan fingerprint density at radius 3 is 2.38 bits per heavy atom. The zero-order chi connectivity index (χ0) is 23.5. The fourth-order valence-corrected chi connectivity index (χ4v) is 6.96. The number of benzene rings is 2. The molecule has 2 aliphatic carbocycles. The lowest BCUT2D eigenvalue weighted by atomic mass is 9.79. The van der Waals surface area contributed by atoms with Gasteiger partial charge >= 0.3 is 0 Å². The third-order valence-electron chi connectivity index (χ3n) is 7.26. The van der Waals surface area contributed by atoms with Crippen LogP contribution in [0.1, 0.15) is 44.1 Å². The molecule has 4 unspecified atom stereocenters. The summed E-state index contributed by atoms with van der Waals surface area (Å²) >= 11 is 1.88. The molecule has 2 nitrogen and oxygen atoms in total. The lowest BCUT2D eigenvalue weighted by Gasteiger charge is -2.52. The number of halogens is 2. The number of aliphatic hydroxyl groups is 1. The van der Waals surface area contributed by atoms with E-state index in [1.165, 1.54) is 28.8 Å². The van der Waals surface area contributed by atoms with Crippen LogP contribution in [0.3, 0.4) is 0 Å². The molecule has 0 saturated carbocycles. The molecule has 3 aliphatic rings. The number of nitrogens with zero attached hydrogens (tertiary/aromatic N) is 1. The lowest BCUT2D eigenvalue weighted by Crippen LogP contribution is -2.54. The molecule has 0 bridgehead atoms. The first-order valence-corrected chi connectivity index (χ1v) is 13.1. The van der Waals surface area contributed by atoms with Gasteiger partial charge in [-0.1, -0.05) is 36.4 Å². The van der Waals surface area contributed by atoms with Crippen molar-refractivity contribution < 1.29 is 13.9 Å². The highest BCUT2D eigenvalue weighted by Gasteiger charge is 2.45. The van der Waals surface area contributed by atoms with Crippen LogP contribution in [0.25, 0.3) is 0 Å². The number of aryl methyl sites for hydroxylation is 1. The van der Waals surface area contributed by atoms with Crippen molar-refractivity contribution in [1.82, 2.24) is 0 Å². The first kappa shape index (κ1) is 23.4. The molecule has 1 fully saturated rings. The van der Waals surface area contributed by atoms with Crippen molar-refractivity contribution in [2.24, 2.45) is 5.92 Å². The summed E-state index contributed by atoms with van der Waals surface area (Å²) in [7, 11) is 0. The second-order valence-corrected chi connectivity index (χ2v) is 10.8. The van der Waals surface area contributed by atoms with Gasteiger partial charge in [0.15, 0.2) is 0 Å². The molecule has 4 atom stereocenters. The summed E-state index contributed by atoms with van der Waals surface area (Å²) in [5.41, 5.74) is 4.90. The van der Waals surface area contributed by atoms with Gasteiger partial charge < -0.3 is 9.41 Å². The maximum atomic E-state index is 13.5. The van der Waals surface area contributed by atoms with Crippen LogP contribution in [-0.4, -0.2) is 22.5 Å². The van der Waals surface area contributed by atoms with Crippen LogP contribution in [0.15, 0.2) is 84.0 Å². The SMILES string of the molecule is OC1C=CC=C(C2=CCC(C3C(CCCc4ccc(F)cc4)SN3c3ccc(F)cc3)CC2)C1. The summed E-state index contributed by atoms with van der Waals surface area (Å²) in [5.74, 6) is 0.159. The molecule has 1 aliphatic heterocycles. The van der Waals surface area contributed by atoms with E-state index in [0.717, 1.165) is 44.2 Å². The van der Waals surface area contributed by atoms with Gasteiger partial charge in [-0.15, -0.1) is 0 Å². The maximum Gasteiger partial charge on any atom is 0.123 e. The minimum atomic E-state index is -0.374. The molecule has 0 aromatic heterocycles. The number of anilines is 1. The van der Waals surface area contributed by atoms with Gasteiger partial charge in [0.25, 0.3) is 0 Å². The number of allylic oxidation sites excluding steroid dienone is 4. The molecular formula is C29H31F2NOS. The average Bonchev–Trinajstić information content (AvgIpc) is 2.83. The first-order chi connectivity index (χ1) is 16.6. The Balaban J connectivity index is 1.26. The molecule has 178 valence electrons. The van der Waals surface area contributed by atoms with Crippen LogP contribution in [0, 0.1) is 17.6 Å². The van der Waals surface area contributed by atoms with Crippen molar-refractivity contribution in [3.63, 3.8) is 0 Å². The van der Waals surface area contributed by atoms with Crippen LogP contribution in [0.5, 0.6) is 0 Å². The summed E-state index contributed by atoms with van der Waals surface area (Å²) in [4.78, 5) is 0. The smallest absolute Gasteiger partial charge is 0.123 e. The molecule has 1 N–H and O–H groups in total. The van der Waals surface area contributed by atoms with E-state index in [1.54, 1.807) is 12.1 Å². The molecule has 1 saturated heterocycles. The quantitative estimate of drug-likeness (QED) is 0.426. The van der Waals surface area contributed by atoms with Crippen molar-refractivity contribution in [2.45, 2.75) is 62.3 Å². The third kappa shape index (κ3) is 5.31. The number of aliphatic hydroxyl groups excluding tert-OH is 1. The van der Waals surface area contributed by atoms with Gasteiger partial charge in [-0.25, -0.2) is 8.78 Å². The van der Waals surface area contributed by atoms with Crippen molar-refractivity contribution >= 4 is 17.6 Å². The van der Waals surface area contributed by atoms with Gasteiger partial charge in [0, 0.05) is 17.4 Å². The number of hydrogen-bond acceptors (Lipinski definition) is 3. The molecule has 0 amide bonds. The van der Waals surface area contributed by atoms with Crippen LogP contribution in [0.4, 0.5) is 14.5 Å². The summed E-state index contributed by atoms with van der Waals surface area (Å²) in [5, 5.41) is 10.5. The van der Waals surface area contributed by atoms with Crippen LogP contribution >= 0.6 is 11.9 Å². The highest BCUT2D eigenvalue weighted by Crippen LogP contribution is 2.49. The zero-order valence-electron chi connectivity index (χ0n) is 19.2. The maximum absolute atomic E-state index is 13.5. The Morgan fingerprint density at radius 2 is 1.71 bits per heavy atom. The van der Waals surface area contributed by atoms with Crippen LogP contribution < -0.4 is 4.31 Å². The van der Waals surface area contributed by atoms with Crippen molar-refractivity contribution in [1.29, 1.82) is 0 Å². The predicted octanol–water partition coefficient (Wildman–Crippen LogP) is 7.17. The van der Waals surface area contributed by atoms with Crippen molar-refractivity contribution in [3.8, 4) is 0 Å². The Morgan fingerprint density at radius 1 is 0.971 bits per heavy atom. The van der Waals surface area contributed by atoms with Gasteiger partial charge in [0.1, 0.15) is 11.6 Å². The lowest BCUT2D eigenvalue weighted by molar-refractivity contribution is 0.222. The third-order valence-corrected chi connectivity index (χ3v) is 8.72. The average molecular weight is 480 g/mol. The molecule has 5 heteroatoms. The minimum absolute atomic E-state index is 0.187. The van der Waals surface area contributed by atoms with E-state index in [-0.39, 0.29) is 17.7 Å². The van der Waals surface area contributed by atoms with E-state index >= 15 is 0 Å². The van der Waals surface area contributed by atoms with Gasteiger partial charge in [-0.2, -0.15) is 0 Å². The van der Waals surface area contributed by atoms with Gasteiger partial charge in [-0.05, 0) is 109 Å². The van der Waals surface area contributed by atoms with E-state index in [0.29, 0.717) is 23.6 Å². The van der Waals surface area contributed by atoms with Crippen molar-refractivity contribution in [3.05, 3.63) is 101 Å². The fraction of sp³-hybridized carbons (Fsp3) is 0.379. The standard InChI is InChI=1S/C29H31F2NOS/c30-24-13-7-20(8-14-24)3-1-6-28-29(32(34-28)26-17-15-25(31)16-18-26)22-11-9-21(10-12-22)23-4-2-5-27(33)19-23/h2,4-5,7-9,13-18,22,27-29,33H,1,3,6,10-12,19H2. The predicted molar refractivity (Wildman–Crippen MR) is 137 cm³/mol. The van der Waals surface area contributed by atoms with Gasteiger partial charge in [-0.3, -0.25) is 0 Å². The van der Waals surface area contributed by atoms with E-state index in [1.807, 2.05) is 48.4 Å². The largest absolute Gasteiger partial charge is 0.389 e. The number of hydrogen-bond donors (Lipinski definition) is 1. The second-order valence-electron chi connectivity index (χ2n) is 9.57. The summed E-state index contributed by atoms with van der Waals surface area (Å²) in [6, 6.07) is 14.1. The number of rotatable bonds is 7. The van der Waals surface area contributed by atoms with E-state index in [9.17, 15) is 13.9 Å². The van der Waals surface area contributed by atoms with Crippen LogP contribution in [-0.2, 0) is 6.42 Å². The molecule has 34 heavy (non-hydrogen) atoms. The fourth-order valence-electron chi connectivity index (χ4n) is 5.42. The molecular weight excluding hydrogens is 448 g/mol. The molecule has 2 aromatic carbocycles. The highest BCUT2D eigenvalue weighted by molar-refractivity contribution is 8.02. The first-order valence-electron chi connectivity index (χ1n) is 12.3. The van der Waals surface area contributed by atoms with Gasteiger partial charge in [0.2, 0.25) is 0 Å². The molecule has 5 rings (SSSR count). The van der Waals surface area contributed by atoms with Gasteiger partial charge in [0.05, 0.1) is 12.1 Å². The minimum Gasteiger partial charge on any atom is -0.389 e. The molecule has 0 radical (unpaired) electrons. The van der Waals surface area contributed by atoms with Crippen LogP contribution in [0.2, 0.25) is 0 Å². The summed E-state index contributed by atoms with van der Waals surface area (Å²) in [6.45, 7) is 0. The Bertz CT molecular complexity index is 1080.